The predicted octanol–water partition coefficient (Wildman–Crippen LogP) is 2.94. The second-order valence-electron chi connectivity index (χ2n) is 5.06. The Labute approximate surface area is 129 Å². The normalized spacial score (nSPS) is 13.0. The Bertz CT molecular complexity index is 625. The van der Waals surface area contributed by atoms with Crippen molar-refractivity contribution in [1.82, 2.24) is 15.8 Å². The van der Waals surface area contributed by atoms with Gasteiger partial charge in [0.2, 0.25) is 0 Å². The van der Waals surface area contributed by atoms with E-state index in [9.17, 15) is 4.39 Å². The van der Waals surface area contributed by atoms with Crippen LogP contribution in [-0.4, -0.2) is 17.7 Å². The molecule has 0 amide bonds. The smallest absolute Gasteiger partial charge is 0.192 e. The minimum absolute atomic E-state index is 0.0646. The highest BCUT2D eigenvalue weighted by Gasteiger charge is 2.10. The van der Waals surface area contributed by atoms with Gasteiger partial charge in [-0.05, 0) is 38.0 Å². The van der Waals surface area contributed by atoms with Crippen LogP contribution in [0.15, 0.2) is 40.0 Å². The van der Waals surface area contributed by atoms with Gasteiger partial charge in [0.15, 0.2) is 5.96 Å². The van der Waals surface area contributed by atoms with Crippen LogP contribution in [0.5, 0.6) is 0 Å². The molecule has 2 rings (SSSR count). The van der Waals surface area contributed by atoms with Crippen LogP contribution in [0.3, 0.4) is 0 Å². The van der Waals surface area contributed by atoms with E-state index in [-0.39, 0.29) is 11.9 Å². The first-order valence-electron chi connectivity index (χ1n) is 7.30. The van der Waals surface area contributed by atoms with Gasteiger partial charge in [0.25, 0.3) is 0 Å². The summed E-state index contributed by atoms with van der Waals surface area (Å²) in [7, 11) is 0. The molecule has 0 radical (unpaired) electrons. The molecule has 118 valence electrons. The first-order valence-corrected chi connectivity index (χ1v) is 7.30. The lowest BCUT2D eigenvalue weighted by Crippen LogP contribution is -2.38. The molecule has 0 fully saturated rings. The largest absolute Gasteiger partial charge is 0.364 e. The Morgan fingerprint density at radius 3 is 2.86 bits per heavy atom. The monoisotopic (exact) mass is 304 g/mol. The van der Waals surface area contributed by atoms with Crippen LogP contribution in [-0.2, 0) is 6.54 Å². The van der Waals surface area contributed by atoms with Crippen molar-refractivity contribution in [3.05, 3.63) is 53.2 Å². The molecule has 22 heavy (non-hydrogen) atoms. The Morgan fingerprint density at radius 2 is 2.23 bits per heavy atom. The molecule has 0 saturated heterocycles. The van der Waals surface area contributed by atoms with Gasteiger partial charge in [0.1, 0.15) is 17.8 Å². The van der Waals surface area contributed by atoms with Gasteiger partial charge in [-0.2, -0.15) is 0 Å². The molecule has 1 aromatic carbocycles. The molecule has 2 aromatic rings. The zero-order chi connectivity index (χ0) is 15.9. The van der Waals surface area contributed by atoms with E-state index >= 15 is 0 Å². The van der Waals surface area contributed by atoms with Gasteiger partial charge in [-0.3, -0.25) is 0 Å². The summed E-state index contributed by atoms with van der Waals surface area (Å²) >= 11 is 0. The minimum Gasteiger partial charge on any atom is -0.364 e. The molecule has 0 spiro atoms. The summed E-state index contributed by atoms with van der Waals surface area (Å²) in [4.78, 5) is 4.44. The maximum Gasteiger partial charge on any atom is 0.192 e. The number of nitrogens with zero attached hydrogens (tertiary/aromatic N) is 2. The van der Waals surface area contributed by atoms with Crippen LogP contribution in [0.1, 0.15) is 36.7 Å². The van der Waals surface area contributed by atoms with Crippen molar-refractivity contribution < 1.29 is 8.91 Å². The number of nitrogens with one attached hydrogen (secondary N) is 2. The van der Waals surface area contributed by atoms with Crippen molar-refractivity contribution in [1.29, 1.82) is 0 Å². The standard InChI is InChI=1S/C16H21FN4O/c1-4-18-16(19-10-14-7-8-22-21-14)20-12(3)13-6-5-11(2)15(17)9-13/h5-9,12H,4,10H2,1-3H3,(H2,18,19,20). The molecule has 1 aromatic heterocycles. The minimum atomic E-state index is -0.198. The number of hydrogen-bond donors (Lipinski definition) is 2. The van der Waals surface area contributed by atoms with Crippen LogP contribution in [0.4, 0.5) is 4.39 Å². The SMILES string of the molecule is CCNC(=NCc1ccon1)NC(C)c1ccc(C)c(F)c1. The lowest BCUT2D eigenvalue weighted by molar-refractivity contribution is 0.412. The number of hydrogen-bond acceptors (Lipinski definition) is 3. The van der Waals surface area contributed by atoms with Crippen molar-refractivity contribution in [2.75, 3.05) is 6.54 Å². The summed E-state index contributed by atoms with van der Waals surface area (Å²) in [5.74, 6) is 0.453. The van der Waals surface area contributed by atoms with E-state index < -0.39 is 0 Å². The fourth-order valence-electron chi connectivity index (χ4n) is 1.97. The number of rotatable bonds is 5. The van der Waals surface area contributed by atoms with E-state index in [0.29, 0.717) is 18.1 Å². The Hall–Kier alpha value is -2.37. The number of guanidine groups is 1. The lowest BCUT2D eigenvalue weighted by Gasteiger charge is -2.18. The Kier molecular flexibility index (Phi) is 5.52. The van der Waals surface area contributed by atoms with Crippen LogP contribution in [0, 0.1) is 12.7 Å². The number of benzene rings is 1. The molecule has 0 aliphatic heterocycles. The second kappa shape index (κ2) is 7.59. The molecule has 1 atom stereocenters. The summed E-state index contributed by atoms with van der Waals surface area (Å²) in [5.41, 5.74) is 2.27. The van der Waals surface area contributed by atoms with Crippen LogP contribution in [0.2, 0.25) is 0 Å². The number of aromatic nitrogens is 1. The van der Waals surface area contributed by atoms with Gasteiger partial charge in [-0.15, -0.1) is 0 Å². The van der Waals surface area contributed by atoms with Gasteiger partial charge < -0.3 is 15.2 Å². The third-order valence-electron chi connectivity index (χ3n) is 3.28. The van der Waals surface area contributed by atoms with Gasteiger partial charge in [0.05, 0.1) is 12.6 Å². The molecule has 0 aliphatic carbocycles. The third kappa shape index (κ3) is 4.31. The summed E-state index contributed by atoms with van der Waals surface area (Å²) in [6.45, 7) is 6.86. The number of aliphatic imine (C=N–C) groups is 1. The molecule has 5 nitrogen and oxygen atoms in total. The number of halogens is 1. The summed E-state index contributed by atoms with van der Waals surface area (Å²) in [6.07, 6.45) is 1.52. The molecule has 1 heterocycles. The molecular formula is C16H21FN4O. The number of aryl methyl sites for hydroxylation is 1. The first kappa shape index (κ1) is 16.0. The third-order valence-corrected chi connectivity index (χ3v) is 3.28. The lowest BCUT2D eigenvalue weighted by atomic mass is 10.1. The zero-order valence-electron chi connectivity index (χ0n) is 13.1. The van der Waals surface area contributed by atoms with Crippen molar-refractivity contribution in [3.63, 3.8) is 0 Å². The average molecular weight is 304 g/mol. The fraction of sp³-hybridized carbons (Fsp3) is 0.375. The van der Waals surface area contributed by atoms with E-state index in [1.807, 2.05) is 19.9 Å². The summed E-state index contributed by atoms with van der Waals surface area (Å²) < 4.78 is 18.4. The molecule has 0 aliphatic rings. The molecule has 0 bridgehead atoms. The highest BCUT2D eigenvalue weighted by molar-refractivity contribution is 5.80. The molecular weight excluding hydrogens is 283 g/mol. The van der Waals surface area contributed by atoms with Crippen molar-refractivity contribution in [3.8, 4) is 0 Å². The van der Waals surface area contributed by atoms with Crippen molar-refractivity contribution >= 4 is 5.96 Å². The molecule has 2 N–H and O–H groups in total. The molecule has 6 heteroatoms. The summed E-state index contributed by atoms with van der Waals surface area (Å²) in [5, 5.41) is 10.2. The maximum atomic E-state index is 13.7. The predicted molar refractivity (Wildman–Crippen MR) is 84.0 cm³/mol. The molecule has 1 unspecified atom stereocenters. The first-order chi connectivity index (χ1) is 10.6. The maximum absolute atomic E-state index is 13.7. The average Bonchev–Trinajstić information content (AvgIpc) is 3.01. The van der Waals surface area contributed by atoms with E-state index in [2.05, 4.69) is 20.8 Å². The quantitative estimate of drug-likeness (QED) is 0.658. The second-order valence-corrected chi connectivity index (χ2v) is 5.06. The summed E-state index contributed by atoms with van der Waals surface area (Å²) in [6, 6.07) is 6.95. The van der Waals surface area contributed by atoms with E-state index in [1.54, 1.807) is 25.1 Å². The fourth-order valence-corrected chi connectivity index (χ4v) is 1.97. The van der Waals surface area contributed by atoms with Gasteiger partial charge in [-0.1, -0.05) is 17.3 Å². The van der Waals surface area contributed by atoms with Gasteiger partial charge in [-0.25, -0.2) is 9.38 Å². The van der Waals surface area contributed by atoms with Crippen LogP contribution < -0.4 is 10.6 Å². The van der Waals surface area contributed by atoms with E-state index in [1.165, 1.54) is 6.26 Å². The highest BCUT2D eigenvalue weighted by Crippen LogP contribution is 2.16. The Morgan fingerprint density at radius 1 is 1.41 bits per heavy atom. The Balaban J connectivity index is 2.05. The van der Waals surface area contributed by atoms with Crippen molar-refractivity contribution in [2.45, 2.75) is 33.4 Å². The molecule has 0 saturated carbocycles. The van der Waals surface area contributed by atoms with E-state index in [4.69, 9.17) is 4.52 Å². The van der Waals surface area contributed by atoms with Gasteiger partial charge in [0, 0.05) is 12.6 Å². The highest BCUT2D eigenvalue weighted by atomic mass is 19.1. The van der Waals surface area contributed by atoms with Crippen molar-refractivity contribution in [2.24, 2.45) is 4.99 Å². The van der Waals surface area contributed by atoms with E-state index in [0.717, 1.165) is 17.8 Å². The zero-order valence-corrected chi connectivity index (χ0v) is 13.1. The topological polar surface area (TPSA) is 62.5 Å². The van der Waals surface area contributed by atoms with Gasteiger partial charge >= 0.3 is 0 Å². The van der Waals surface area contributed by atoms with Crippen LogP contribution in [0.25, 0.3) is 0 Å². The van der Waals surface area contributed by atoms with Crippen LogP contribution >= 0.6 is 0 Å².